The third-order valence-corrected chi connectivity index (χ3v) is 2.37. The first kappa shape index (κ1) is 11.1. The van der Waals surface area contributed by atoms with Crippen LogP contribution in [-0.2, 0) is 6.42 Å². The van der Waals surface area contributed by atoms with E-state index in [1.807, 2.05) is 6.92 Å². The maximum Gasteiger partial charge on any atom is 0.178 e. The van der Waals surface area contributed by atoms with Crippen molar-refractivity contribution >= 4 is 5.82 Å². The number of nitrogens with two attached hydrogens (primary N) is 1. The van der Waals surface area contributed by atoms with Gasteiger partial charge in [0.1, 0.15) is 17.5 Å². The van der Waals surface area contributed by atoms with Crippen LogP contribution in [0.15, 0.2) is 18.3 Å². The van der Waals surface area contributed by atoms with E-state index in [1.165, 1.54) is 4.68 Å². The molecule has 6 heteroatoms. The summed E-state index contributed by atoms with van der Waals surface area (Å²) >= 11 is 0. The molecular weight excluding hydrogens is 216 g/mol. The standard InChI is InChI=1S/C11H12N6/c1-2-4-9-8(7-12)11(13)17(16-9)10-5-3-6-14-15-10/h3,5-6H,2,4,13H2,1H3. The molecule has 2 aromatic heterocycles. The van der Waals surface area contributed by atoms with E-state index in [1.54, 1.807) is 18.3 Å². The van der Waals surface area contributed by atoms with Crippen molar-refractivity contribution in [2.24, 2.45) is 0 Å². The Labute approximate surface area is 98.7 Å². The predicted molar refractivity (Wildman–Crippen MR) is 62.3 cm³/mol. The average Bonchev–Trinajstić information content (AvgIpc) is 2.67. The van der Waals surface area contributed by atoms with Crippen LogP contribution in [0.4, 0.5) is 5.82 Å². The van der Waals surface area contributed by atoms with Crippen LogP contribution >= 0.6 is 0 Å². The van der Waals surface area contributed by atoms with Crippen LogP contribution < -0.4 is 5.73 Å². The number of anilines is 1. The van der Waals surface area contributed by atoms with E-state index in [0.717, 1.165) is 12.8 Å². The Balaban J connectivity index is 2.54. The Kier molecular flexibility index (Phi) is 3.01. The SMILES string of the molecule is CCCc1nn(-c2cccnn2)c(N)c1C#N. The van der Waals surface area contributed by atoms with Gasteiger partial charge in [-0.2, -0.15) is 20.1 Å². The van der Waals surface area contributed by atoms with E-state index in [4.69, 9.17) is 11.0 Å². The normalized spacial score (nSPS) is 10.1. The lowest BCUT2D eigenvalue weighted by Gasteiger charge is -2.00. The van der Waals surface area contributed by atoms with Gasteiger partial charge < -0.3 is 5.73 Å². The molecule has 0 radical (unpaired) electrons. The number of hydrogen-bond donors (Lipinski definition) is 1. The second-order valence-electron chi connectivity index (χ2n) is 3.56. The Morgan fingerprint density at radius 1 is 1.53 bits per heavy atom. The molecule has 17 heavy (non-hydrogen) atoms. The van der Waals surface area contributed by atoms with Gasteiger partial charge in [0.2, 0.25) is 0 Å². The van der Waals surface area contributed by atoms with Crippen LogP contribution in [0, 0.1) is 11.3 Å². The van der Waals surface area contributed by atoms with E-state index in [0.29, 0.717) is 22.9 Å². The first-order valence-corrected chi connectivity index (χ1v) is 5.33. The second-order valence-corrected chi connectivity index (χ2v) is 3.56. The van der Waals surface area contributed by atoms with Gasteiger partial charge in [0.25, 0.3) is 0 Å². The van der Waals surface area contributed by atoms with E-state index < -0.39 is 0 Å². The maximum atomic E-state index is 9.07. The third-order valence-electron chi connectivity index (χ3n) is 2.37. The molecule has 2 N–H and O–H groups in total. The molecular formula is C11H12N6. The molecule has 0 aliphatic rings. The highest BCUT2D eigenvalue weighted by Crippen LogP contribution is 2.19. The van der Waals surface area contributed by atoms with Crippen molar-refractivity contribution in [3.8, 4) is 11.9 Å². The van der Waals surface area contributed by atoms with Gasteiger partial charge >= 0.3 is 0 Å². The summed E-state index contributed by atoms with van der Waals surface area (Å²) < 4.78 is 1.45. The highest BCUT2D eigenvalue weighted by atomic mass is 15.4. The number of aromatic nitrogens is 4. The lowest BCUT2D eigenvalue weighted by Crippen LogP contribution is -2.05. The average molecular weight is 228 g/mol. The maximum absolute atomic E-state index is 9.07. The van der Waals surface area contributed by atoms with Crippen LogP contribution in [0.5, 0.6) is 0 Å². The highest BCUT2D eigenvalue weighted by molar-refractivity contribution is 5.55. The zero-order valence-electron chi connectivity index (χ0n) is 9.46. The molecule has 6 nitrogen and oxygen atoms in total. The van der Waals surface area contributed by atoms with Gasteiger partial charge in [0.15, 0.2) is 5.82 Å². The van der Waals surface area contributed by atoms with E-state index in [2.05, 4.69) is 21.4 Å². The van der Waals surface area contributed by atoms with Gasteiger partial charge in [-0.25, -0.2) is 0 Å². The zero-order valence-corrected chi connectivity index (χ0v) is 9.46. The van der Waals surface area contributed by atoms with Crippen molar-refractivity contribution in [3.63, 3.8) is 0 Å². The molecule has 0 aliphatic carbocycles. The lowest BCUT2D eigenvalue weighted by molar-refractivity contribution is 0.779. The molecule has 0 spiro atoms. The summed E-state index contributed by atoms with van der Waals surface area (Å²) in [6.45, 7) is 2.03. The van der Waals surface area contributed by atoms with Gasteiger partial charge in [0.05, 0.1) is 5.69 Å². The molecule has 0 aliphatic heterocycles. The van der Waals surface area contributed by atoms with E-state index in [-0.39, 0.29) is 0 Å². The lowest BCUT2D eigenvalue weighted by atomic mass is 10.2. The summed E-state index contributed by atoms with van der Waals surface area (Å²) in [6.07, 6.45) is 3.20. The number of rotatable bonds is 3. The Hall–Kier alpha value is -2.42. The van der Waals surface area contributed by atoms with Gasteiger partial charge in [0, 0.05) is 6.20 Å². The molecule has 0 atom stereocenters. The van der Waals surface area contributed by atoms with Crippen LogP contribution in [0.3, 0.4) is 0 Å². The largest absolute Gasteiger partial charge is 0.382 e. The summed E-state index contributed by atoms with van der Waals surface area (Å²) in [5.41, 5.74) is 7.02. The minimum Gasteiger partial charge on any atom is -0.382 e. The molecule has 0 bridgehead atoms. The topological polar surface area (TPSA) is 93.4 Å². The Bertz CT molecular complexity index is 551. The zero-order chi connectivity index (χ0) is 12.3. The molecule has 0 amide bonds. The van der Waals surface area contributed by atoms with Gasteiger partial charge in [-0.05, 0) is 18.6 Å². The first-order valence-electron chi connectivity index (χ1n) is 5.33. The predicted octanol–water partition coefficient (Wildman–Crippen LogP) is 1.07. The first-order chi connectivity index (χ1) is 8.27. The van der Waals surface area contributed by atoms with Gasteiger partial charge in [-0.3, -0.25) is 0 Å². The van der Waals surface area contributed by atoms with Crippen molar-refractivity contribution in [1.29, 1.82) is 5.26 Å². The summed E-state index contributed by atoms with van der Waals surface area (Å²) in [7, 11) is 0. The molecule has 0 saturated carbocycles. The number of nitrogen functional groups attached to an aromatic ring is 1. The smallest absolute Gasteiger partial charge is 0.178 e. The molecule has 0 saturated heterocycles. The van der Waals surface area contributed by atoms with E-state index in [9.17, 15) is 0 Å². The molecule has 0 fully saturated rings. The Morgan fingerprint density at radius 2 is 2.35 bits per heavy atom. The molecule has 2 rings (SSSR count). The summed E-state index contributed by atoms with van der Waals surface area (Å²) in [5, 5.41) is 21.1. The molecule has 86 valence electrons. The van der Waals surface area contributed by atoms with Crippen molar-refractivity contribution in [2.75, 3.05) is 5.73 Å². The van der Waals surface area contributed by atoms with Crippen LogP contribution in [-0.4, -0.2) is 20.0 Å². The number of aryl methyl sites for hydroxylation is 1. The third kappa shape index (κ3) is 1.95. The minimum absolute atomic E-state index is 0.316. The van der Waals surface area contributed by atoms with Crippen molar-refractivity contribution < 1.29 is 0 Å². The number of hydrogen-bond acceptors (Lipinski definition) is 5. The summed E-state index contributed by atoms with van der Waals surface area (Å²) in [4.78, 5) is 0. The fraction of sp³-hybridized carbons (Fsp3) is 0.273. The Morgan fingerprint density at radius 3 is 2.94 bits per heavy atom. The molecule has 2 aromatic rings. The fourth-order valence-corrected chi connectivity index (χ4v) is 1.59. The monoisotopic (exact) mass is 228 g/mol. The number of nitrogens with zero attached hydrogens (tertiary/aromatic N) is 5. The fourth-order valence-electron chi connectivity index (χ4n) is 1.59. The van der Waals surface area contributed by atoms with Gasteiger partial charge in [-0.1, -0.05) is 13.3 Å². The van der Waals surface area contributed by atoms with Crippen LogP contribution in [0.2, 0.25) is 0 Å². The molecule has 0 aromatic carbocycles. The number of nitriles is 1. The highest BCUT2D eigenvalue weighted by Gasteiger charge is 2.16. The summed E-state index contributed by atoms with van der Waals surface area (Å²) in [5.74, 6) is 0.834. The van der Waals surface area contributed by atoms with Crippen LogP contribution in [0.25, 0.3) is 5.82 Å². The van der Waals surface area contributed by atoms with Crippen molar-refractivity contribution in [2.45, 2.75) is 19.8 Å². The molecule has 0 unspecified atom stereocenters. The second kappa shape index (κ2) is 4.61. The minimum atomic E-state index is 0.316. The van der Waals surface area contributed by atoms with E-state index >= 15 is 0 Å². The quantitative estimate of drug-likeness (QED) is 0.848. The molecule has 2 heterocycles. The van der Waals surface area contributed by atoms with Crippen molar-refractivity contribution in [3.05, 3.63) is 29.6 Å². The van der Waals surface area contributed by atoms with Crippen molar-refractivity contribution in [1.82, 2.24) is 20.0 Å². The van der Waals surface area contributed by atoms with Crippen LogP contribution in [0.1, 0.15) is 24.6 Å². The van der Waals surface area contributed by atoms with Gasteiger partial charge in [-0.15, -0.1) is 5.10 Å². The summed E-state index contributed by atoms with van der Waals surface area (Å²) in [6, 6.07) is 5.57.